The second-order valence-electron chi connectivity index (χ2n) is 6.47. The first-order valence-electron chi connectivity index (χ1n) is 9.53. The van der Waals surface area contributed by atoms with Crippen molar-refractivity contribution in [1.29, 1.82) is 0 Å². The molecule has 1 atom stereocenters. The zero-order valence-corrected chi connectivity index (χ0v) is 17.8. The maximum atomic E-state index is 12.5. The molecule has 0 fully saturated rings. The van der Waals surface area contributed by atoms with E-state index in [4.69, 9.17) is 25.8 Å². The first-order chi connectivity index (χ1) is 13.8. The van der Waals surface area contributed by atoms with Gasteiger partial charge in [-0.1, -0.05) is 36.2 Å². The molecule has 2 aromatic carbocycles. The predicted octanol–water partition coefficient (Wildman–Crippen LogP) is 5.02. The topological polar surface area (TPSA) is 73.9 Å². The van der Waals surface area contributed by atoms with Crippen LogP contribution in [0, 0.1) is 6.92 Å². The fourth-order valence-corrected chi connectivity index (χ4v) is 2.72. The number of benzene rings is 2. The minimum absolute atomic E-state index is 0.178. The Kier molecular flexibility index (Phi) is 8.34. The molecule has 2 rings (SSSR count). The maximum Gasteiger partial charge on any atom is 0.339 e. The molecule has 0 aliphatic heterocycles. The molecule has 7 heteroatoms. The Morgan fingerprint density at radius 3 is 2.41 bits per heavy atom. The van der Waals surface area contributed by atoms with Crippen LogP contribution < -0.4 is 14.8 Å². The van der Waals surface area contributed by atoms with Gasteiger partial charge in [-0.3, -0.25) is 4.79 Å². The average molecular weight is 420 g/mol. The van der Waals surface area contributed by atoms with Crippen molar-refractivity contribution < 1.29 is 23.8 Å². The third-order valence-corrected chi connectivity index (χ3v) is 4.25. The number of esters is 1. The lowest BCUT2D eigenvalue weighted by Gasteiger charge is -2.16. The minimum Gasteiger partial charge on any atom is -0.490 e. The Hall–Kier alpha value is -2.73. The summed E-state index contributed by atoms with van der Waals surface area (Å²) < 4.78 is 16.5. The van der Waals surface area contributed by atoms with Gasteiger partial charge in [0.2, 0.25) is 0 Å². The molecule has 0 bridgehead atoms. The van der Waals surface area contributed by atoms with Crippen molar-refractivity contribution >= 4 is 29.2 Å². The van der Waals surface area contributed by atoms with Gasteiger partial charge in [-0.15, -0.1) is 0 Å². The second kappa shape index (κ2) is 10.7. The van der Waals surface area contributed by atoms with E-state index in [1.807, 2.05) is 32.9 Å². The summed E-state index contributed by atoms with van der Waals surface area (Å²) in [4.78, 5) is 24.8. The van der Waals surface area contributed by atoms with Gasteiger partial charge in [0.25, 0.3) is 5.91 Å². The zero-order valence-electron chi connectivity index (χ0n) is 17.1. The molecule has 29 heavy (non-hydrogen) atoms. The Morgan fingerprint density at radius 1 is 1.10 bits per heavy atom. The number of hydrogen-bond acceptors (Lipinski definition) is 5. The van der Waals surface area contributed by atoms with Gasteiger partial charge >= 0.3 is 5.97 Å². The number of hydrogen-bond donors (Lipinski definition) is 1. The maximum absolute atomic E-state index is 12.5. The Labute approximate surface area is 176 Å². The number of rotatable bonds is 9. The van der Waals surface area contributed by atoms with E-state index in [2.05, 4.69) is 5.32 Å². The van der Waals surface area contributed by atoms with E-state index >= 15 is 0 Å². The fraction of sp³-hybridized carbons (Fsp3) is 0.364. The highest BCUT2D eigenvalue weighted by molar-refractivity contribution is 6.32. The molecule has 0 aliphatic carbocycles. The van der Waals surface area contributed by atoms with Crippen molar-refractivity contribution in [3.8, 4) is 11.5 Å². The highest BCUT2D eigenvalue weighted by Crippen LogP contribution is 2.37. The minimum atomic E-state index is -0.992. The van der Waals surface area contributed by atoms with Gasteiger partial charge in [-0.2, -0.15) is 0 Å². The van der Waals surface area contributed by atoms with Crippen LogP contribution in [0.2, 0.25) is 5.02 Å². The first-order valence-corrected chi connectivity index (χ1v) is 9.91. The molecule has 6 nitrogen and oxygen atoms in total. The summed E-state index contributed by atoms with van der Waals surface area (Å²) in [5.74, 6) is -0.364. The smallest absolute Gasteiger partial charge is 0.339 e. The average Bonchev–Trinajstić information content (AvgIpc) is 2.69. The van der Waals surface area contributed by atoms with Crippen LogP contribution in [0.3, 0.4) is 0 Å². The Balaban J connectivity index is 2.10. The van der Waals surface area contributed by atoms with E-state index in [0.29, 0.717) is 30.4 Å². The lowest BCUT2D eigenvalue weighted by molar-refractivity contribution is -0.123. The highest BCUT2D eigenvalue weighted by Gasteiger charge is 2.22. The van der Waals surface area contributed by atoms with Crippen molar-refractivity contribution in [2.75, 3.05) is 18.5 Å². The molecule has 0 aromatic heterocycles. The third kappa shape index (κ3) is 6.39. The number of ether oxygens (including phenoxy) is 3. The molecular formula is C22H26ClNO5. The molecule has 0 radical (unpaired) electrons. The van der Waals surface area contributed by atoms with E-state index in [0.717, 1.165) is 12.0 Å². The van der Waals surface area contributed by atoms with Crippen LogP contribution >= 0.6 is 11.6 Å². The van der Waals surface area contributed by atoms with Crippen LogP contribution in [-0.4, -0.2) is 31.2 Å². The number of amides is 1. The summed E-state index contributed by atoms with van der Waals surface area (Å²) in [6, 6.07) is 10.3. The monoisotopic (exact) mass is 419 g/mol. The largest absolute Gasteiger partial charge is 0.490 e. The summed E-state index contributed by atoms with van der Waals surface area (Å²) in [6.07, 6.45) is -0.187. The number of aryl methyl sites for hydroxylation is 1. The van der Waals surface area contributed by atoms with E-state index in [1.165, 1.54) is 19.1 Å². The van der Waals surface area contributed by atoms with Crippen LogP contribution in [-0.2, 0) is 9.53 Å². The highest BCUT2D eigenvalue weighted by atomic mass is 35.5. The lowest BCUT2D eigenvalue weighted by Crippen LogP contribution is -2.30. The summed E-state index contributed by atoms with van der Waals surface area (Å²) in [5.41, 5.74) is 1.88. The normalized spacial score (nSPS) is 11.5. The molecular weight excluding hydrogens is 394 g/mol. The molecule has 2 aromatic rings. The molecule has 1 N–H and O–H groups in total. The third-order valence-electron chi connectivity index (χ3n) is 3.97. The number of carbonyl (C=O) groups is 2. The number of anilines is 1. The molecule has 156 valence electrons. The van der Waals surface area contributed by atoms with Crippen LogP contribution in [0.15, 0.2) is 36.4 Å². The summed E-state index contributed by atoms with van der Waals surface area (Å²) in [5, 5.41) is 2.96. The molecule has 0 aliphatic rings. The van der Waals surface area contributed by atoms with Crippen molar-refractivity contribution in [2.24, 2.45) is 0 Å². The SMILES string of the molecule is CCCOc1c(Cl)cc(C(=O)O[C@@H](C)C(=O)Nc2ccc(C)cc2)cc1OCC. The van der Waals surface area contributed by atoms with Crippen LogP contribution in [0.5, 0.6) is 11.5 Å². The van der Waals surface area contributed by atoms with Gasteiger partial charge in [0.05, 0.1) is 23.8 Å². The van der Waals surface area contributed by atoms with E-state index in [1.54, 1.807) is 12.1 Å². The fourth-order valence-electron chi connectivity index (χ4n) is 2.46. The van der Waals surface area contributed by atoms with Gasteiger partial charge in [-0.25, -0.2) is 4.79 Å². The van der Waals surface area contributed by atoms with Gasteiger partial charge < -0.3 is 19.5 Å². The van der Waals surface area contributed by atoms with Crippen molar-refractivity contribution in [3.63, 3.8) is 0 Å². The predicted molar refractivity (Wildman–Crippen MR) is 113 cm³/mol. The summed E-state index contributed by atoms with van der Waals surface area (Å²) in [6.45, 7) is 8.11. The van der Waals surface area contributed by atoms with Crippen LogP contribution in [0.25, 0.3) is 0 Å². The second-order valence-corrected chi connectivity index (χ2v) is 6.88. The number of carbonyl (C=O) groups excluding carboxylic acids is 2. The van der Waals surface area contributed by atoms with Crippen molar-refractivity contribution in [2.45, 2.75) is 40.2 Å². The van der Waals surface area contributed by atoms with Gasteiger partial charge in [-0.05, 0) is 51.5 Å². The molecule has 0 saturated heterocycles. The zero-order chi connectivity index (χ0) is 21.4. The lowest BCUT2D eigenvalue weighted by atomic mass is 10.2. The quantitative estimate of drug-likeness (QED) is 0.577. The molecule has 0 spiro atoms. The Morgan fingerprint density at radius 2 is 1.79 bits per heavy atom. The molecule has 0 saturated carbocycles. The van der Waals surface area contributed by atoms with Crippen molar-refractivity contribution in [1.82, 2.24) is 0 Å². The summed E-state index contributed by atoms with van der Waals surface area (Å²) >= 11 is 6.28. The Bertz CT molecular complexity index is 851. The van der Waals surface area contributed by atoms with Gasteiger partial charge in [0, 0.05) is 5.69 Å². The molecule has 1 amide bonds. The molecule has 0 heterocycles. The van der Waals surface area contributed by atoms with E-state index in [-0.39, 0.29) is 10.6 Å². The standard InChI is InChI=1S/C22H26ClNO5/c1-5-11-28-20-18(23)12-16(13-19(20)27-6-2)22(26)29-15(4)21(25)24-17-9-7-14(3)8-10-17/h7-10,12-13,15H,5-6,11H2,1-4H3,(H,24,25)/t15-/m0/s1. The van der Waals surface area contributed by atoms with Gasteiger partial charge in [0.1, 0.15) is 0 Å². The van der Waals surface area contributed by atoms with E-state index in [9.17, 15) is 9.59 Å². The number of nitrogens with one attached hydrogen (secondary N) is 1. The number of halogens is 1. The van der Waals surface area contributed by atoms with Gasteiger partial charge in [0.15, 0.2) is 17.6 Å². The van der Waals surface area contributed by atoms with E-state index < -0.39 is 18.0 Å². The van der Waals surface area contributed by atoms with Crippen molar-refractivity contribution in [3.05, 3.63) is 52.5 Å². The molecule has 0 unspecified atom stereocenters. The summed E-state index contributed by atoms with van der Waals surface area (Å²) in [7, 11) is 0. The van der Waals surface area contributed by atoms with Crippen LogP contribution in [0.4, 0.5) is 5.69 Å². The first kappa shape index (κ1) is 22.6. The van der Waals surface area contributed by atoms with Crippen LogP contribution in [0.1, 0.15) is 43.1 Å².